The lowest BCUT2D eigenvalue weighted by Gasteiger charge is -2.25. The summed E-state index contributed by atoms with van der Waals surface area (Å²) in [4.78, 5) is 0. The van der Waals surface area contributed by atoms with E-state index in [-0.39, 0.29) is 5.82 Å². The Morgan fingerprint density at radius 1 is 0.806 bits per heavy atom. The first kappa shape index (κ1) is 23.6. The Bertz CT molecular complexity index is 844. The monoisotopic (exact) mass is 418 g/mol. The molecule has 0 amide bonds. The highest BCUT2D eigenvalue weighted by molar-refractivity contribution is 5.65. The molecule has 0 bridgehead atoms. The highest BCUT2D eigenvalue weighted by Crippen LogP contribution is 2.32. The third-order valence-electron chi connectivity index (χ3n) is 6.77. The van der Waals surface area contributed by atoms with Gasteiger partial charge in [0.25, 0.3) is 0 Å². The quantitative estimate of drug-likeness (QED) is 0.281. The van der Waals surface area contributed by atoms with Crippen LogP contribution in [-0.4, -0.2) is 0 Å². The number of hydrogen-bond acceptors (Lipinski definition) is 0. The van der Waals surface area contributed by atoms with Crippen molar-refractivity contribution in [3.63, 3.8) is 0 Å². The number of hydrogen-bond donors (Lipinski definition) is 0. The fraction of sp³-hybridized carbons (Fsp3) is 0.533. The number of benzene rings is 2. The molecule has 1 saturated carbocycles. The molecule has 0 saturated heterocycles. The third kappa shape index (κ3) is 7.53. The van der Waals surface area contributed by atoms with Crippen molar-refractivity contribution in [1.29, 1.82) is 0 Å². The first-order chi connectivity index (χ1) is 15.2. The molecule has 0 atom stereocenters. The molecule has 2 aromatic carbocycles. The zero-order valence-electron chi connectivity index (χ0n) is 19.6. The van der Waals surface area contributed by atoms with Gasteiger partial charge >= 0.3 is 0 Å². The summed E-state index contributed by atoms with van der Waals surface area (Å²) >= 11 is 0. The van der Waals surface area contributed by atoms with Gasteiger partial charge in [-0.1, -0.05) is 94.9 Å². The summed E-state index contributed by atoms with van der Waals surface area (Å²) in [6.07, 6.45) is 15.4. The average molecular weight is 419 g/mol. The maximum Gasteiger partial charge on any atom is 0.127 e. The van der Waals surface area contributed by atoms with Crippen LogP contribution in [0.25, 0.3) is 11.1 Å². The van der Waals surface area contributed by atoms with Gasteiger partial charge in [0.15, 0.2) is 0 Å². The van der Waals surface area contributed by atoms with Gasteiger partial charge in [0.1, 0.15) is 5.82 Å². The molecular formula is C30H39F. The van der Waals surface area contributed by atoms with Crippen molar-refractivity contribution in [2.45, 2.75) is 90.9 Å². The van der Waals surface area contributed by atoms with E-state index < -0.39 is 0 Å². The van der Waals surface area contributed by atoms with E-state index in [1.165, 1.54) is 64.2 Å². The molecule has 0 nitrogen and oxygen atoms in total. The molecule has 1 fully saturated rings. The van der Waals surface area contributed by atoms with E-state index in [4.69, 9.17) is 0 Å². The fourth-order valence-corrected chi connectivity index (χ4v) is 4.76. The number of unbranched alkanes of at least 4 members (excludes halogenated alkanes) is 4. The van der Waals surface area contributed by atoms with Crippen molar-refractivity contribution < 1.29 is 4.39 Å². The van der Waals surface area contributed by atoms with Crippen molar-refractivity contribution in [2.75, 3.05) is 0 Å². The first-order valence-corrected chi connectivity index (χ1v) is 12.6. The van der Waals surface area contributed by atoms with Gasteiger partial charge in [-0.05, 0) is 72.9 Å². The molecule has 0 aromatic heterocycles. The maximum atomic E-state index is 14.3. The molecular weight excluding hydrogens is 379 g/mol. The number of rotatable bonds is 9. The van der Waals surface area contributed by atoms with Crippen LogP contribution in [0.15, 0.2) is 42.5 Å². The topological polar surface area (TPSA) is 0 Å². The van der Waals surface area contributed by atoms with Crippen LogP contribution in [0.4, 0.5) is 4.39 Å². The van der Waals surface area contributed by atoms with Crippen LogP contribution in [0.1, 0.15) is 95.6 Å². The highest BCUT2D eigenvalue weighted by Gasteiger charge is 2.19. The van der Waals surface area contributed by atoms with Gasteiger partial charge < -0.3 is 0 Å². The Hall–Kier alpha value is -2.07. The Morgan fingerprint density at radius 2 is 1.52 bits per heavy atom. The SMILES string of the molecule is CCCCCCC[C@H]1CC[C@H](C#Cc2ccc(-c3ccc(CCC)c(F)c3)cc2)CC1. The minimum Gasteiger partial charge on any atom is -0.207 e. The molecule has 2 aromatic rings. The molecule has 0 radical (unpaired) electrons. The highest BCUT2D eigenvalue weighted by atomic mass is 19.1. The molecule has 0 heterocycles. The first-order valence-electron chi connectivity index (χ1n) is 12.6. The average Bonchev–Trinajstić information content (AvgIpc) is 2.80. The van der Waals surface area contributed by atoms with E-state index in [2.05, 4.69) is 50.0 Å². The van der Waals surface area contributed by atoms with Gasteiger partial charge in [-0.2, -0.15) is 0 Å². The fourth-order valence-electron chi connectivity index (χ4n) is 4.76. The summed E-state index contributed by atoms with van der Waals surface area (Å²) in [7, 11) is 0. The van der Waals surface area contributed by atoms with Crippen LogP contribution in [-0.2, 0) is 6.42 Å². The summed E-state index contributed by atoms with van der Waals surface area (Å²) in [5.41, 5.74) is 3.85. The zero-order valence-corrected chi connectivity index (χ0v) is 19.6. The molecule has 1 aliphatic rings. The minimum absolute atomic E-state index is 0.0974. The number of aryl methyl sites for hydroxylation is 1. The lowest BCUT2D eigenvalue weighted by atomic mass is 9.80. The van der Waals surface area contributed by atoms with Crippen LogP contribution in [0.3, 0.4) is 0 Å². The Morgan fingerprint density at radius 3 is 2.19 bits per heavy atom. The van der Waals surface area contributed by atoms with E-state index in [0.29, 0.717) is 5.92 Å². The maximum absolute atomic E-state index is 14.3. The van der Waals surface area contributed by atoms with Crippen molar-refractivity contribution in [3.05, 3.63) is 59.4 Å². The summed E-state index contributed by atoms with van der Waals surface area (Å²) in [6.45, 7) is 4.36. The summed E-state index contributed by atoms with van der Waals surface area (Å²) in [5, 5.41) is 0. The van der Waals surface area contributed by atoms with Gasteiger partial charge in [-0.25, -0.2) is 4.39 Å². The second-order valence-corrected chi connectivity index (χ2v) is 9.32. The smallest absolute Gasteiger partial charge is 0.127 e. The summed E-state index contributed by atoms with van der Waals surface area (Å²) in [5.74, 6) is 8.30. The van der Waals surface area contributed by atoms with E-state index >= 15 is 0 Å². The molecule has 0 aliphatic heterocycles. The summed E-state index contributed by atoms with van der Waals surface area (Å²) < 4.78 is 14.3. The molecule has 0 spiro atoms. The Labute approximate surface area is 189 Å². The van der Waals surface area contributed by atoms with Crippen molar-refractivity contribution >= 4 is 0 Å². The van der Waals surface area contributed by atoms with E-state index in [1.54, 1.807) is 6.07 Å². The van der Waals surface area contributed by atoms with Crippen LogP contribution in [0.2, 0.25) is 0 Å². The standard InChI is InChI=1S/C30H39F/c1-3-5-6-7-8-10-24-11-13-25(14-12-24)15-16-26-17-19-27(20-18-26)29-22-21-28(9-4-2)30(31)23-29/h17-25H,3-14H2,1-2H3/t24-,25-. The number of halogens is 1. The molecule has 1 aliphatic carbocycles. The van der Waals surface area contributed by atoms with Crippen LogP contribution >= 0.6 is 0 Å². The van der Waals surface area contributed by atoms with E-state index in [9.17, 15) is 4.39 Å². The van der Waals surface area contributed by atoms with Crippen LogP contribution in [0.5, 0.6) is 0 Å². The molecule has 1 heteroatoms. The summed E-state index contributed by atoms with van der Waals surface area (Å²) in [6, 6.07) is 13.9. The van der Waals surface area contributed by atoms with Crippen molar-refractivity contribution in [1.82, 2.24) is 0 Å². The Balaban J connectivity index is 1.47. The lowest BCUT2D eigenvalue weighted by molar-refractivity contribution is 0.294. The normalized spacial score (nSPS) is 18.4. The molecule has 3 rings (SSSR count). The van der Waals surface area contributed by atoms with Gasteiger partial charge in [0.05, 0.1) is 0 Å². The van der Waals surface area contributed by atoms with Gasteiger partial charge in [-0.3, -0.25) is 0 Å². The second-order valence-electron chi connectivity index (χ2n) is 9.32. The molecule has 0 N–H and O–H groups in total. The minimum atomic E-state index is -0.0974. The molecule has 0 unspecified atom stereocenters. The van der Waals surface area contributed by atoms with Crippen molar-refractivity contribution in [3.8, 4) is 23.0 Å². The van der Waals surface area contributed by atoms with Gasteiger partial charge in [0.2, 0.25) is 0 Å². The van der Waals surface area contributed by atoms with Crippen molar-refractivity contribution in [2.24, 2.45) is 11.8 Å². The largest absolute Gasteiger partial charge is 0.207 e. The zero-order chi connectivity index (χ0) is 21.9. The predicted octanol–water partition coefficient (Wildman–Crippen LogP) is 8.96. The van der Waals surface area contributed by atoms with Crippen LogP contribution in [0, 0.1) is 29.5 Å². The van der Waals surface area contributed by atoms with E-state index in [1.807, 2.05) is 12.1 Å². The predicted molar refractivity (Wildman–Crippen MR) is 132 cm³/mol. The molecule has 31 heavy (non-hydrogen) atoms. The Kier molecular flexibility index (Phi) is 9.67. The van der Waals surface area contributed by atoms with E-state index in [0.717, 1.165) is 41.0 Å². The second kappa shape index (κ2) is 12.7. The van der Waals surface area contributed by atoms with Gasteiger partial charge in [-0.15, -0.1) is 0 Å². The van der Waals surface area contributed by atoms with Crippen LogP contribution < -0.4 is 0 Å². The third-order valence-corrected chi connectivity index (χ3v) is 6.77. The molecule has 166 valence electrons. The van der Waals surface area contributed by atoms with Gasteiger partial charge in [0, 0.05) is 11.5 Å². The lowest BCUT2D eigenvalue weighted by Crippen LogP contribution is -2.13.